The van der Waals surface area contributed by atoms with Crippen molar-refractivity contribution in [2.24, 2.45) is 0 Å². The molecule has 3 heterocycles. The third-order valence-electron chi connectivity index (χ3n) is 7.03. The maximum absolute atomic E-state index is 12.8. The summed E-state index contributed by atoms with van der Waals surface area (Å²) in [4.78, 5) is 32.2. The molecule has 7 nitrogen and oxygen atoms in total. The summed E-state index contributed by atoms with van der Waals surface area (Å²) < 4.78 is 5.34. The van der Waals surface area contributed by atoms with E-state index in [-0.39, 0.29) is 11.8 Å². The number of amides is 2. The van der Waals surface area contributed by atoms with Gasteiger partial charge in [0.2, 0.25) is 5.91 Å². The minimum Gasteiger partial charge on any atom is -0.496 e. The number of piperidine rings is 1. The highest BCUT2D eigenvalue weighted by Crippen LogP contribution is 2.37. The van der Waals surface area contributed by atoms with Crippen LogP contribution in [0.1, 0.15) is 23.2 Å². The number of ether oxygens (including phenoxy) is 1. The van der Waals surface area contributed by atoms with E-state index in [1.165, 1.54) is 0 Å². The van der Waals surface area contributed by atoms with Crippen LogP contribution in [0.2, 0.25) is 0 Å². The van der Waals surface area contributed by atoms with Crippen molar-refractivity contribution in [3.8, 4) is 5.75 Å². The number of benzene rings is 2. The maximum atomic E-state index is 12.8. The molecule has 5 rings (SSSR count). The predicted octanol–water partition coefficient (Wildman–Crippen LogP) is 1.95. The van der Waals surface area contributed by atoms with Crippen LogP contribution in [0.25, 0.3) is 0 Å². The summed E-state index contributed by atoms with van der Waals surface area (Å²) in [5, 5.41) is 3.06. The molecule has 3 fully saturated rings. The molecule has 0 radical (unpaired) electrons. The van der Waals surface area contributed by atoms with Crippen molar-refractivity contribution in [3.05, 3.63) is 60.2 Å². The Morgan fingerprint density at radius 3 is 2.42 bits per heavy atom. The van der Waals surface area contributed by atoms with Gasteiger partial charge in [-0.1, -0.05) is 30.3 Å². The van der Waals surface area contributed by atoms with E-state index in [1.807, 2.05) is 47.4 Å². The molecule has 31 heavy (non-hydrogen) atoms. The fourth-order valence-corrected chi connectivity index (χ4v) is 5.14. The van der Waals surface area contributed by atoms with Gasteiger partial charge >= 0.3 is 0 Å². The van der Waals surface area contributed by atoms with Gasteiger partial charge < -0.3 is 19.9 Å². The minimum atomic E-state index is -0.464. The lowest BCUT2D eigenvalue weighted by atomic mass is 9.84. The Morgan fingerprint density at radius 1 is 1.03 bits per heavy atom. The summed E-state index contributed by atoms with van der Waals surface area (Å²) in [6.07, 6.45) is 1.59. The van der Waals surface area contributed by atoms with Crippen LogP contribution in [-0.2, 0) is 4.79 Å². The lowest BCUT2D eigenvalue weighted by Crippen LogP contribution is -2.65. The summed E-state index contributed by atoms with van der Waals surface area (Å²) in [7, 11) is 1.59. The number of hydrogen-bond donors (Lipinski definition) is 1. The molecule has 2 aromatic rings. The second kappa shape index (κ2) is 7.89. The Balaban J connectivity index is 1.21. The number of carbonyl (C=O) groups excluding carboxylic acids is 2. The Bertz CT molecular complexity index is 966. The highest BCUT2D eigenvalue weighted by Gasteiger charge is 2.51. The van der Waals surface area contributed by atoms with E-state index in [0.717, 1.165) is 44.7 Å². The Labute approximate surface area is 182 Å². The van der Waals surface area contributed by atoms with Crippen LogP contribution < -0.4 is 15.0 Å². The molecule has 7 heteroatoms. The summed E-state index contributed by atoms with van der Waals surface area (Å²) in [5.74, 6) is 0.773. The van der Waals surface area contributed by atoms with Crippen LogP contribution in [0.15, 0.2) is 54.6 Å². The van der Waals surface area contributed by atoms with E-state index >= 15 is 0 Å². The first kappa shape index (κ1) is 19.9. The first-order chi connectivity index (χ1) is 15.1. The van der Waals surface area contributed by atoms with Crippen molar-refractivity contribution >= 4 is 17.5 Å². The van der Waals surface area contributed by atoms with Crippen molar-refractivity contribution < 1.29 is 14.3 Å². The van der Waals surface area contributed by atoms with Crippen LogP contribution in [0.3, 0.4) is 0 Å². The third-order valence-corrected chi connectivity index (χ3v) is 7.03. The molecule has 2 aromatic carbocycles. The Kier molecular flexibility index (Phi) is 5.06. The Hall–Kier alpha value is -3.06. The number of anilines is 1. The van der Waals surface area contributed by atoms with Gasteiger partial charge in [-0.3, -0.25) is 14.5 Å². The average molecular weight is 421 g/mol. The minimum absolute atomic E-state index is 0.0209. The van der Waals surface area contributed by atoms with E-state index in [1.54, 1.807) is 7.11 Å². The highest BCUT2D eigenvalue weighted by molar-refractivity contribution is 5.97. The zero-order valence-corrected chi connectivity index (χ0v) is 17.8. The van der Waals surface area contributed by atoms with Gasteiger partial charge in [0.1, 0.15) is 11.3 Å². The van der Waals surface area contributed by atoms with E-state index in [2.05, 4.69) is 27.2 Å². The van der Waals surface area contributed by atoms with Gasteiger partial charge in [-0.05, 0) is 37.1 Å². The van der Waals surface area contributed by atoms with Crippen molar-refractivity contribution in [1.82, 2.24) is 15.1 Å². The van der Waals surface area contributed by atoms with Crippen LogP contribution in [-0.4, -0.2) is 73.2 Å². The number of likely N-dealkylation sites (tertiary alicyclic amines) is 2. The van der Waals surface area contributed by atoms with Crippen LogP contribution in [0.5, 0.6) is 5.75 Å². The van der Waals surface area contributed by atoms with Gasteiger partial charge in [-0.2, -0.15) is 0 Å². The van der Waals surface area contributed by atoms with Gasteiger partial charge in [0.05, 0.1) is 19.3 Å². The summed E-state index contributed by atoms with van der Waals surface area (Å²) in [6, 6.07) is 17.9. The largest absolute Gasteiger partial charge is 0.496 e. The number of methoxy groups -OCH3 is 1. The number of para-hydroxylation sites is 2. The molecule has 0 saturated carbocycles. The molecule has 0 aromatic heterocycles. The second-order valence-corrected chi connectivity index (χ2v) is 8.56. The molecule has 1 N–H and O–H groups in total. The third kappa shape index (κ3) is 3.33. The molecule has 2 amide bonds. The summed E-state index contributed by atoms with van der Waals surface area (Å²) in [5.41, 5.74) is 1.24. The number of carbonyl (C=O) groups is 2. The monoisotopic (exact) mass is 420 g/mol. The predicted molar refractivity (Wildman–Crippen MR) is 118 cm³/mol. The van der Waals surface area contributed by atoms with E-state index in [0.29, 0.717) is 24.0 Å². The lowest BCUT2D eigenvalue weighted by molar-refractivity contribution is -0.125. The van der Waals surface area contributed by atoms with Crippen LogP contribution in [0, 0.1) is 0 Å². The average Bonchev–Trinajstić information content (AvgIpc) is 3.10. The van der Waals surface area contributed by atoms with Gasteiger partial charge in [-0.25, -0.2) is 0 Å². The molecule has 3 aliphatic heterocycles. The summed E-state index contributed by atoms with van der Waals surface area (Å²) in [6.45, 7) is 3.72. The van der Waals surface area contributed by atoms with Crippen LogP contribution >= 0.6 is 0 Å². The van der Waals surface area contributed by atoms with Crippen molar-refractivity contribution in [3.63, 3.8) is 0 Å². The summed E-state index contributed by atoms with van der Waals surface area (Å²) >= 11 is 0. The van der Waals surface area contributed by atoms with Gasteiger partial charge in [0.25, 0.3) is 5.91 Å². The number of rotatable bonds is 4. The van der Waals surface area contributed by atoms with E-state index in [9.17, 15) is 9.59 Å². The SMILES string of the molecule is COc1ccccc1C(=O)N1CC(N2CCC3(CC2)C(=O)NCN3c2ccccc2)C1. The molecule has 0 atom stereocenters. The molecular weight excluding hydrogens is 392 g/mol. The standard InChI is InChI=1S/C24H28N4O3/c1-31-21-10-6-5-9-20(21)22(29)27-15-19(16-27)26-13-11-24(12-14-26)23(30)25-17-28(24)18-7-3-2-4-8-18/h2-10,19H,11-17H2,1H3,(H,25,30). The smallest absolute Gasteiger partial charge is 0.257 e. The molecule has 0 aliphatic carbocycles. The quantitative estimate of drug-likeness (QED) is 0.819. The van der Waals surface area contributed by atoms with Crippen molar-refractivity contribution in [2.75, 3.05) is 44.9 Å². The normalized spacial score (nSPS) is 21.1. The molecule has 0 unspecified atom stereocenters. The number of nitrogens with zero attached hydrogens (tertiary/aromatic N) is 3. The Morgan fingerprint density at radius 2 is 1.71 bits per heavy atom. The molecule has 162 valence electrons. The molecule has 3 saturated heterocycles. The van der Waals surface area contributed by atoms with E-state index < -0.39 is 5.54 Å². The van der Waals surface area contributed by atoms with Crippen molar-refractivity contribution in [1.29, 1.82) is 0 Å². The topological polar surface area (TPSA) is 65.1 Å². The number of hydrogen-bond acceptors (Lipinski definition) is 5. The fraction of sp³-hybridized carbons (Fsp3) is 0.417. The van der Waals surface area contributed by atoms with Crippen molar-refractivity contribution in [2.45, 2.75) is 24.4 Å². The van der Waals surface area contributed by atoms with Gasteiger partial charge in [0, 0.05) is 37.9 Å². The zero-order valence-electron chi connectivity index (χ0n) is 17.8. The number of nitrogens with one attached hydrogen (secondary N) is 1. The zero-order chi connectivity index (χ0) is 21.4. The molecule has 3 aliphatic rings. The molecule has 0 bridgehead atoms. The van der Waals surface area contributed by atoms with Gasteiger partial charge in [0.15, 0.2) is 0 Å². The molecule has 1 spiro atoms. The maximum Gasteiger partial charge on any atom is 0.257 e. The molecular formula is C24H28N4O3. The van der Waals surface area contributed by atoms with Crippen LogP contribution in [0.4, 0.5) is 5.69 Å². The second-order valence-electron chi connectivity index (χ2n) is 8.56. The lowest BCUT2D eigenvalue weighted by Gasteiger charge is -2.50. The first-order valence-corrected chi connectivity index (χ1v) is 10.9. The fourth-order valence-electron chi connectivity index (χ4n) is 5.14. The van der Waals surface area contributed by atoms with Gasteiger partial charge in [-0.15, -0.1) is 0 Å². The highest BCUT2D eigenvalue weighted by atomic mass is 16.5. The first-order valence-electron chi connectivity index (χ1n) is 10.9. The van der Waals surface area contributed by atoms with E-state index in [4.69, 9.17) is 4.74 Å².